The molecule has 2 aromatic rings. The summed E-state index contributed by atoms with van der Waals surface area (Å²) in [6, 6.07) is 8.52. The molecule has 0 spiro atoms. The minimum atomic E-state index is -3.33. The van der Waals surface area contributed by atoms with Crippen molar-refractivity contribution in [1.82, 2.24) is 20.4 Å². The molecule has 0 fully saturated rings. The number of halogens is 2. The molecule has 0 saturated carbocycles. The van der Waals surface area contributed by atoms with Gasteiger partial charge in [-0.3, -0.25) is 9.67 Å². The summed E-state index contributed by atoms with van der Waals surface area (Å²) in [7, 11) is 0.174. The van der Waals surface area contributed by atoms with E-state index in [1.807, 2.05) is 13.1 Å². The lowest BCUT2D eigenvalue weighted by atomic mass is 10.4. The van der Waals surface area contributed by atoms with Crippen LogP contribution in [0.25, 0.3) is 0 Å². The van der Waals surface area contributed by atoms with Crippen molar-refractivity contribution in [2.75, 3.05) is 19.3 Å². The number of benzene rings is 1. The molecule has 0 atom stereocenters. The minimum Gasteiger partial charge on any atom is -0.355 e. The summed E-state index contributed by atoms with van der Waals surface area (Å²) in [5.74, 6) is 0.531. The van der Waals surface area contributed by atoms with E-state index in [2.05, 4.69) is 36.7 Å². The lowest BCUT2D eigenvalue weighted by Gasteiger charge is -2.12. The van der Waals surface area contributed by atoms with Gasteiger partial charge in [-0.25, -0.2) is 8.42 Å². The van der Waals surface area contributed by atoms with Gasteiger partial charge < -0.3 is 10.6 Å². The number of guanidine groups is 1. The Labute approximate surface area is 173 Å². The van der Waals surface area contributed by atoms with Crippen molar-refractivity contribution in [2.24, 2.45) is 12.0 Å². The second kappa shape index (κ2) is 10.1. The highest BCUT2D eigenvalue weighted by Gasteiger charge is 2.14. The normalized spacial score (nSPS) is 11.7. The van der Waals surface area contributed by atoms with Crippen molar-refractivity contribution >= 4 is 55.7 Å². The van der Waals surface area contributed by atoms with Gasteiger partial charge in [0.05, 0.1) is 22.9 Å². The van der Waals surface area contributed by atoms with Crippen LogP contribution in [0.2, 0.25) is 0 Å². The van der Waals surface area contributed by atoms with Crippen LogP contribution in [0.1, 0.15) is 5.69 Å². The third-order valence-electron chi connectivity index (χ3n) is 3.42. The van der Waals surface area contributed by atoms with Crippen LogP contribution < -0.4 is 10.6 Å². The molecule has 25 heavy (non-hydrogen) atoms. The number of aliphatic imine (C=N–C) groups is 1. The molecule has 0 bridgehead atoms. The zero-order chi connectivity index (χ0) is 17.6. The van der Waals surface area contributed by atoms with Crippen molar-refractivity contribution in [3.8, 4) is 0 Å². The Bertz CT molecular complexity index is 806. The summed E-state index contributed by atoms with van der Waals surface area (Å²) >= 11 is 3.29. The van der Waals surface area contributed by atoms with Gasteiger partial charge in [0.1, 0.15) is 0 Å². The number of hydrogen-bond donors (Lipinski definition) is 2. The number of nitrogens with one attached hydrogen (secondary N) is 2. The van der Waals surface area contributed by atoms with Gasteiger partial charge in [-0.2, -0.15) is 5.10 Å². The van der Waals surface area contributed by atoms with Crippen molar-refractivity contribution in [3.63, 3.8) is 0 Å². The van der Waals surface area contributed by atoms with Crippen LogP contribution in [0.15, 0.2) is 50.9 Å². The van der Waals surface area contributed by atoms with Crippen LogP contribution in [0.4, 0.5) is 0 Å². The van der Waals surface area contributed by atoms with E-state index >= 15 is 0 Å². The topological polar surface area (TPSA) is 88.4 Å². The molecule has 1 aromatic carbocycles. The number of rotatable bonds is 6. The fourth-order valence-electron chi connectivity index (χ4n) is 2.03. The monoisotopic (exact) mass is 541 g/mol. The van der Waals surface area contributed by atoms with Crippen LogP contribution in [0, 0.1) is 0 Å². The van der Waals surface area contributed by atoms with E-state index in [0.717, 1.165) is 10.2 Å². The zero-order valence-electron chi connectivity index (χ0n) is 13.9. The lowest BCUT2D eigenvalue weighted by Crippen LogP contribution is -2.39. The lowest BCUT2D eigenvalue weighted by molar-refractivity contribution is 0.594. The van der Waals surface area contributed by atoms with Crippen LogP contribution in [-0.2, 0) is 23.4 Å². The molecule has 138 valence electrons. The van der Waals surface area contributed by atoms with Gasteiger partial charge >= 0.3 is 0 Å². The van der Waals surface area contributed by atoms with E-state index < -0.39 is 9.84 Å². The van der Waals surface area contributed by atoms with E-state index in [1.165, 1.54) is 0 Å². The molecule has 0 saturated heterocycles. The quantitative estimate of drug-likeness (QED) is 0.331. The summed E-state index contributed by atoms with van der Waals surface area (Å²) in [5.41, 5.74) is 1.00. The van der Waals surface area contributed by atoms with E-state index in [9.17, 15) is 8.42 Å². The van der Waals surface area contributed by atoms with Gasteiger partial charge in [-0.05, 0) is 30.3 Å². The molecule has 2 N–H and O–H groups in total. The fourth-order valence-corrected chi connectivity index (χ4v) is 3.45. The van der Waals surface area contributed by atoms with Gasteiger partial charge in [0.25, 0.3) is 0 Å². The van der Waals surface area contributed by atoms with Crippen molar-refractivity contribution < 1.29 is 8.42 Å². The molecule has 0 aliphatic carbocycles. The third-order valence-corrected chi connectivity index (χ3v) is 5.68. The zero-order valence-corrected chi connectivity index (χ0v) is 18.7. The second-order valence-electron chi connectivity index (χ2n) is 5.07. The first-order valence-electron chi connectivity index (χ1n) is 7.32. The van der Waals surface area contributed by atoms with Gasteiger partial charge in [0.2, 0.25) is 0 Å². The molecule has 1 aromatic heterocycles. The van der Waals surface area contributed by atoms with Crippen LogP contribution in [-0.4, -0.2) is 43.5 Å². The van der Waals surface area contributed by atoms with E-state index in [4.69, 9.17) is 0 Å². The number of nitrogens with zero attached hydrogens (tertiary/aromatic N) is 3. The molecule has 2 rings (SSSR count). The highest BCUT2D eigenvalue weighted by Crippen LogP contribution is 2.15. The highest BCUT2D eigenvalue weighted by atomic mass is 127. The van der Waals surface area contributed by atoms with Gasteiger partial charge in [0.15, 0.2) is 15.8 Å². The first-order chi connectivity index (χ1) is 11.4. The van der Waals surface area contributed by atoms with Crippen molar-refractivity contribution in [1.29, 1.82) is 0 Å². The van der Waals surface area contributed by atoms with E-state index in [-0.39, 0.29) is 36.3 Å². The van der Waals surface area contributed by atoms with Gasteiger partial charge in [-0.15, -0.1) is 24.0 Å². The summed E-state index contributed by atoms with van der Waals surface area (Å²) in [6.07, 6.45) is 1.72. The van der Waals surface area contributed by atoms with Gasteiger partial charge in [-0.1, -0.05) is 15.9 Å². The molecule has 0 aliphatic heterocycles. The predicted molar refractivity (Wildman–Crippen MR) is 113 cm³/mol. The third kappa shape index (κ3) is 6.59. The average Bonchev–Trinajstić information content (AvgIpc) is 2.96. The molecular formula is C15H21BrIN5O2S. The summed E-state index contributed by atoms with van der Waals surface area (Å²) in [4.78, 5) is 4.40. The smallest absolute Gasteiger partial charge is 0.191 e. The highest BCUT2D eigenvalue weighted by molar-refractivity contribution is 14.0. The first-order valence-corrected chi connectivity index (χ1v) is 9.76. The number of aromatic nitrogens is 2. The molecule has 1 heterocycles. The molecular weight excluding hydrogens is 521 g/mol. The van der Waals surface area contributed by atoms with Crippen LogP contribution >= 0.6 is 39.9 Å². The Kier molecular flexibility index (Phi) is 8.86. The molecule has 0 radical (unpaired) electrons. The predicted octanol–water partition coefficient (Wildman–Crippen LogP) is 1.94. The Morgan fingerprint density at radius 3 is 2.48 bits per heavy atom. The summed E-state index contributed by atoms with van der Waals surface area (Å²) < 4.78 is 27.2. The van der Waals surface area contributed by atoms with E-state index in [1.54, 1.807) is 42.2 Å². The largest absolute Gasteiger partial charge is 0.355 e. The van der Waals surface area contributed by atoms with E-state index in [0.29, 0.717) is 17.4 Å². The average molecular weight is 542 g/mol. The van der Waals surface area contributed by atoms with Crippen LogP contribution in [0.3, 0.4) is 0 Å². The number of hydrogen-bond acceptors (Lipinski definition) is 4. The Balaban J connectivity index is 0.00000312. The fraction of sp³-hybridized carbons (Fsp3) is 0.333. The SMILES string of the molecule is CN=C(NCCS(=O)(=O)c1ccc(Br)cc1)NCc1ccnn1C.I. The van der Waals surface area contributed by atoms with Crippen LogP contribution in [0.5, 0.6) is 0 Å². The minimum absolute atomic E-state index is 0. The number of aryl methyl sites for hydroxylation is 1. The first kappa shape index (κ1) is 21.9. The van der Waals surface area contributed by atoms with Gasteiger partial charge in [0, 0.05) is 31.3 Å². The maximum absolute atomic E-state index is 12.3. The molecule has 10 heteroatoms. The number of sulfone groups is 1. The maximum atomic E-state index is 12.3. The summed E-state index contributed by atoms with van der Waals surface area (Å²) in [5, 5.41) is 10.2. The Hall–Kier alpha value is -1.14. The molecule has 0 aliphatic rings. The maximum Gasteiger partial charge on any atom is 0.191 e. The molecule has 0 unspecified atom stereocenters. The Morgan fingerprint density at radius 1 is 1.24 bits per heavy atom. The molecule has 0 amide bonds. The standard InChI is InChI=1S/C15H20BrN5O2S.HI/c1-17-15(19-11-13-7-8-20-21(13)2)18-9-10-24(22,23)14-5-3-12(16)4-6-14;/h3-8H,9-11H2,1-2H3,(H2,17,18,19);1H. The summed E-state index contributed by atoms with van der Waals surface area (Å²) in [6.45, 7) is 0.819. The van der Waals surface area contributed by atoms with Crippen molar-refractivity contribution in [2.45, 2.75) is 11.4 Å². The van der Waals surface area contributed by atoms with Crippen molar-refractivity contribution in [3.05, 3.63) is 46.7 Å². The Morgan fingerprint density at radius 2 is 1.92 bits per heavy atom. The molecule has 7 nitrogen and oxygen atoms in total. The second-order valence-corrected chi connectivity index (χ2v) is 8.10.